The highest BCUT2D eigenvalue weighted by Gasteiger charge is 2.27. The number of nitrogens with zero attached hydrogens (tertiary/aromatic N) is 1. The summed E-state index contributed by atoms with van der Waals surface area (Å²) in [5.74, 6) is 0.220. The van der Waals surface area contributed by atoms with E-state index in [1.807, 2.05) is 12.1 Å². The lowest BCUT2D eigenvalue weighted by Gasteiger charge is -2.16. The van der Waals surface area contributed by atoms with Crippen LogP contribution in [0.3, 0.4) is 0 Å². The summed E-state index contributed by atoms with van der Waals surface area (Å²) in [6, 6.07) is 13.4. The van der Waals surface area contributed by atoms with Crippen molar-refractivity contribution < 1.29 is 17.9 Å². The quantitative estimate of drug-likeness (QED) is 0.750. The van der Waals surface area contributed by atoms with Gasteiger partial charge in [-0.05, 0) is 55.3 Å². The summed E-state index contributed by atoms with van der Waals surface area (Å²) in [4.78, 5) is 12.3. The van der Waals surface area contributed by atoms with Crippen LogP contribution >= 0.6 is 15.9 Å². The lowest BCUT2D eigenvalue weighted by molar-refractivity contribution is -0.118. The number of carbonyl (C=O) groups excluding carboxylic acids is 1. The van der Waals surface area contributed by atoms with Gasteiger partial charge in [-0.2, -0.15) is 4.31 Å². The summed E-state index contributed by atoms with van der Waals surface area (Å²) in [5, 5.41) is 2.67. The third kappa shape index (κ3) is 4.63. The van der Waals surface area contributed by atoms with Crippen molar-refractivity contribution in [1.29, 1.82) is 0 Å². The minimum absolute atomic E-state index is 0.162. The van der Waals surface area contributed by atoms with Gasteiger partial charge in [0.15, 0.2) is 6.61 Å². The first-order chi connectivity index (χ1) is 12.4. The molecular weight excluding hydrogens is 420 g/mol. The highest BCUT2D eigenvalue weighted by atomic mass is 79.9. The number of hydrogen-bond donors (Lipinski definition) is 1. The molecule has 0 radical (unpaired) electrons. The van der Waals surface area contributed by atoms with Crippen molar-refractivity contribution in [3.8, 4) is 5.75 Å². The Morgan fingerprint density at radius 1 is 1.12 bits per heavy atom. The van der Waals surface area contributed by atoms with Crippen LogP contribution in [0.5, 0.6) is 5.75 Å². The monoisotopic (exact) mass is 438 g/mol. The molecule has 1 amide bonds. The number of hydrogen-bond acceptors (Lipinski definition) is 4. The van der Waals surface area contributed by atoms with Gasteiger partial charge in [-0.15, -0.1) is 0 Å². The summed E-state index contributed by atoms with van der Waals surface area (Å²) in [6.07, 6.45) is 1.76. The van der Waals surface area contributed by atoms with Crippen molar-refractivity contribution in [2.45, 2.75) is 17.7 Å². The van der Waals surface area contributed by atoms with Gasteiger partial charge >= 0.3 is 0 Å². The molecule has 1 aliphatic rings. The van der Waals surface area contributed by atoms with Gasteiger partial charge in [0.05, 0.1) is 4.90 Å². The van der Waals surface area contributed by atoms with Gasteiger partial charge in [-0.1, -0.05) is 22.0 Å². The molecule has 0 aliphatic carbocycles. The van der Waals surface area contributed by atoms with E-state index in [9.17, 15) is 13.2 Å². The molecule has 1 aliphatic heterocycles. The van der Waals surface area contributed by atoms with E-state index in [2.05, 4.69) is 21.2 Å². The Kier molecular flexibility index (Phi) is 5.95. The zero-order valence-electron chi connectivity index (χ0n) is 14.0. The lowest BCUT2D eigenvalue weighted by atomic mass is 10.3. The molecule has 1 saturated heterocycles. The number of rotatable bonds is 6. The fourth-order valence-corrected chi connectivity index (χ4v) is 4.52. The molecule has 1 N–H and O–H groups in total. The maximum Gasteiger partial charge on any atom is 0.262 e. The number of ether oxygens (including phenoxy) is 1. The predicted molar refractivity (Wildman–Crippen MR) is 103 cm³/mol. The average Bonchev–Trinajstić information content (AvgIpc) is 3.17. The molecule has 0 saturated carbocycles. The molecule has 0 aromatic heterocycles. The molecule has 0 bridgehead atoms. The smallest absolute Gasteiger partial charge is 0.262 e. The Morgan fingerprint density at radius 2 is 1.81 bits per heavy atom. The molecule has 6 nitrogen and oxygen atoms in total. The summed E-state index contributed by atoms with van der Waals surface area (Å²) >= 11 is 3.33. The van der Waals surface area contributed by atoms with E-state index >= 15 is 0 Å². The van der Waals surface area contributed by atoms with Crippen LogP contribution in [-0.2, 0) is 14.8 Å². The van der Waals surface area contributed by atoms with Gasteiger partial charge < -0.3 is 10.1 Å². The second-order valence-electron chi connectivity index (χ2n) is 5.93. The van der Waals surface area contributed by atoms with Crippen LogP contribution in [0, 0.1) is 0 Å². The average molecular weight is 439 g/mol. The topological polar surface area (TPSA) is 75.7 Å². The van der Waals surface area contributed by atoms with Gasteiger partial charge in [0, 0.05) is 23.2 Å². The third-order valence-electron chi connectivity index (χ3n) is 4.00. The summed E-state index contributed by atoms with van der Waals surface area (Å²) in [7, 11) is -3.51. The number of amides is 1. The molecule has 0 unspecified atom stereocenters. The number of benzene rings is 2. The SMILES string of the molecule is O=C(COc1ccc(Br)cc1)Nc1cccc(S(=O)(=O)N2CCCC2)c1. The zero-order chi connectivity index (χ0) is 18.6. The normalized spacial score (nSPS) is 15.0. The number of sulfonamides is 1. The van der Waals surface area contributed by atoms with Gasteiger partial charge in [0.1, 0.15) is 5.75 Å². The van der Waals surface area contributed by atoms with Crippen LogP contribution in [0.4, 0.5) is 5.69 Å². The Labute approximate surface area is 161 Å². The Morgan fingerprint density at radius 3 is 2.50 bits per heavy atom. The fourth-order valence-electron chi connectivity index (χ4n) is 2.69. The lowest BCUT2D eigenvalue weighted by Crippen LogP contribution is -2.28. The van der Waals surface area contributed by atoms with E-state index in [4.69, 9.17) is 4.74 Å². The van der Waals surface area contributed by atoms with Crippen LogP contribution in [0.15, 0.2) is 57.9 Å². The fraction of sp³-hybridized carbons (Fsp3) is 0.278. The van der Waals surface area contributed by atoms with Crippen molar-refractivity contribution in [2.24, 2.45) is 0 Å². The molecule has 1 heterocycles. The van der Waals surface area contributed by atoms with Crippen molar-refractivity contribution in [3.05, 3.63) is 53.0 Å². The summed E-state index contributed by atoms with van der Waals surface area (Å²) < 4.78 is 33.0. The van der Waals surface area contributed by atoms with E-state index in [1.165, 1.54) is 10.4 Å². The number of halogens is 1. The number of nitrogens with one attached hydrogen (secondary N) is 1. The van der Waals surface area contributed by atoms with Crippen molar-refractivity contribution in [1.82, 2.24) is 4.31 Å². The molecule has 2 aromatic carbocycles. The highest BCUT2D eigenvalue weighted by Crippen LogP contribution is 2.23. The van der Waals surface area contributed by atoms with Gasteiger partial charge in [-0.3, -0.25) is 4.79 Å². The van der Waals surface area contributed by atoms with E-state index in [1.54, 1.807) is 30.3 Å². The number of carbonyl (C=O) groups is 1. The standard InChI is InChI=1S/C18H19BrN2O4S/c19-14-6-8-16(9-7-14)25-13-18(22)20-15-4-3-5-17(12-15)26(23,24)21-10-1-2-11-21/h3-9,12H,1-2,10-11,13H2,(H,20,22). The number of anilines is 1. The maximum atomic E-state index is 12.6. The highest BCUT2D eigenvalue weighted by molar-refractivity contribution is 9.10. The maximum absolute atomic E-state index is 12.6. The van der Waals surface area contributed by atoms with Gasteiger partial charge in [0.25, 0.3) is 5.91 Å². The predicted octanol–water partition coefficient (Wildman–Crippen LogP) is 3.25. The molecule has 3 rings (SSSR count). The largest absolute Gasteiger partial charge is 0.484 e. The molecule has 8 heteroatoms. The molecule has 1 fully saturated rings. The van der Waals surface area contributed by atoms with Crippen LogP contribution in [0.2, 0.25) is 0 Å². The first-order valence-electron chi connectivity index (χ1n) is 8.23. The second kappa shape index (κ2) is 8.20. The minimum Gasteiger partial charge on any atom is -0.484 e. The molecule has 0 spiro atoms. The Hall–Kier alpha value is -1.90. The van der Waals surface area contributed by atoms with E-state index in [-0.39, 0.29) is 17.4 Å². The molecule has 2 aromatic rings. The van der Waals surface area contributed by atoms with Crippen molar-refractivity contribution in [2.75, 3.05) is 25.0 Å². The molecule has 26 heavy (non-hydrogen) atoms. The Balaban J connectivity index is 1.62. The first-order valence-corrected chi connectivity index (χ1v) is 10.5. The summed E-state index contributed by atoms with van der Waals surface area (Å²) in [6.45, 7) is 0.921. The zero-order valence-corrected chi connectivity index (χ0v) is 16.4. The van der Waals surface area contributed by atoms with E-state index < -0.39 is 10.0 Å². The third-order valence-corrected chi connectivity index (χ3v) is 6.43. The molecular formula is C18H19BrN2O4S. The first kappa shape index (κ1) is 18.9. The second-order valence-corrected chi connectivity index (χ2v) is 8.78. The van der Waals surface area contributed by atoms with Crippen LogP contribution in [0.25, 0.3) is 0 Å². The van der Waals surface area contributed by atoms with Crippen molar-refractivity contribution >= 4 is 37.5 Å². The van der Waals surface area contributed by atoms with Crippen LogP contribution in [-0.4, -0.2) is 38.3 Å². The summed E-state index contributed by atoms with van der Waals surface area (Å²) in [5.41, 5.74) is 0.426. The Bertz CT molecular complexity index is 878. The molecule has 0 atom stereocenters. The van der Waals surface area contributed by atoms with Crippen molar-refractivity contribution in [3.63, 3.8) is 0 Å². The van der Waals surface area contributed by atoms with Gasteiger partial charge in [0.2, 0.25) is 10.0 Å². The molecule has 138 valence electrons. The minimum atomic E-state index is -3.51. The van der Waals surface area contributed by atoms with Crippen LogP contribution < -0.4 is 10.1 Å². The van der Waals surface area contributed by atoms with E-state index in [0.29, 0.717) is 24.5 Å². The van der Waals surface area contributed by atoms with Gasteiger partial charge in [-0.25, -0.2) is 8.42 Å². The van der Waals surface area contributed by atoms with Crippen LogP contribution in [0.1, 0.15) is 12.8 Å². The van der Waals surface area contributed by atoms with E-state index in [0.717, 1.165) is 17.3 Å².